The van der Waals surface area contributed by atoms with Crippen LogP contribution in [0.3, 0.4) is 0 Å². The quantitative estimate of drug-likeness (QED) is 0.495. The van der Waals surface area contributed by atoms with Gasteiger partial charge in [0.15, 0.2) is 5.96 Å². The molecule has 152 valence electrons. The van der Waals surface area contributed by atoms with E-state index in [1.807, 2.05) is 34.6 Å². The molecule has 1 unspecified atom stereocenters. The molecule has 0 bridgehead atoms. The summed E-state index contributed by atoms with van der Waals surface area (Å²) in [5, 5.41) is 9.52. The van der Waals surface area contributed by atoms with Crippen LogP contribution >= 0.6 is 0 Å². The van der Waals surface area contributed by atoms with Crippen LogP contribution in [0.2, 0.25) is 0 Å². The van der Waals surface area contributed by atoms with Crippen LogP contribution in [0, 0.1) is 0 Å². The number of ether oxygens (including phenoxy) is 1. The van der Waals surface area contributed by atoms with E-state index in [0.29, 0.717) is 12.6 Å². The number of piperidine rings is 1. The molecule has 0 aromatic carbocycles. The second-order valence-corrected chi connectivity index (χ2v) is 8.74. The molecule has 0 aliphatic carbocycles. The van der Waals surface area contributed by atoms with Gasteiger partial charge in [0, 0.05) is 32.7 Å². The van der Waals surface area contributed by atoms with Crippen molar-refractivity contribution >= 4 is 12.1 Å². The van der Waals surface area contributed by atoms with Gasteiger partial charge in [0.05, 0.1) is 5.54 Å². The summed E-state index contributed by atoms with van der Waals surface area (Å²) in [5.74, 6) is 0.744. The number of carbonyl (C=O) groups excluding carboxylic acids is 1. The number of rotatable bonds is 6. The van der Waals surface area contributed by atoms with Gasteiger partial charge in [-0.1, -0.05) is 6.42 Å². The first-order chi connectivity index (χ1) is 12.0. The van der Waals surface area contributed by atoms with Crippen LogP contribution in [-0.4, -0.2) is 67.4 Å². The van der Waals surface area contributed by atoms with Crippen LogP contribution in [0.5, 0.6) is 0 Å². The number of hydrogen-bond donors (Lipinski definition) is 3. The molecule has 7 nitrogen and oxygen atoms in total. The van der Waals surface area contributed by atoms with E-state index in [4.69, 9.17) is 4.74 Å². The maximum absolute atomic E-state index is 12.0. The Morgan fingerprint density at radius 2 is 1.88 bits per heavy atom. The van der Waals surface area contributed by atoms with Gasteiger partial charge in [-0.3, -0.25) is 9.89 Å². The monoisotopic (exact) mass is 369 g/mol. The first kappa shape index (κ1) is 22.5. The van der Waals surface area contributed by atoms with Crippen molar-refractivity contribution in [2.45, 2.75) is 78.0 Å². The summed E-state index contributed by atoms with van der Waals surface area (Å²) in [5.41, 5.74) is -0.960. The number of amides is 1. The fourth-order valence-corrected chi connectivity index (χ4v) is 2.96. The van der Waals surface area contributed by atoms with E-state index in [1.165, 1.54) is 25.8 Å². The molecule has 1 fully saturated rings. The Morgan fingerprint density at radius 1 is 1.19 bits per heavy atom. The van der Waals surface area contributed by atoms with Gasteiger partial charge in [-0.25, -0.2) is 4.79 Å². The Bertz CT molecular complexity index is 471. The SMILES string of the molecule is CN=C(NCCN1CCCCC1C)NCC(C)(C)NC(=O)OC(C)(C)C. The summed E-state index contributed by atoms with van der Waals surface area (Å²) in [6, 6.07) is 0.664. The standard InChI is InChI=1S/C19H39N5O2/c1-15-10-8-9-12-24(15)13-11-21-16(20-7)22-14-19(5,6)23-17(25)26-18(2,3)4/h15H,8-14H2,1-7H3,(H,23,25)(H2,20,21,22). The van der Waals surface area contributed by atoms with Crippen molar-refractivity contribution in [3.05, 3.63) is 0 Å². The van der Waals surface area contributed by atoms with E-state index in [2.05, 4.69) is 32.8 Å². The molecule has 0 aromatic rings. The van der Waals surface area contributed by atoms with Crippen molar-refractivity contribution in [1.29, 1.82) is 0 Å². The lowest BCUT2D eigenvalue weighted by atomic mass is 10.0. The smallest absolute Gasteiger partial charge is 0.408 e. The predicted molar refractivity (Wildman–Crippen MR) is 108 cm³/mol. The highest BCUT2D eigenvalue weighted by Gasteiger charge is 2.25. The van der Waals surface area contributed by atoms with E-state index in [9.17, 15) is 4.79 Å². The number of carbonyl (C=O) groups is 1. The molecule has 0 spiro atoms. The molecule has 1 atom stereocenters. The minimum atomic E-state index is -0.503. The third-order valence-corrected chi connectivity index (χ3v) is 4.39. The van der Waals surface area contributed by atoms with E-state index >= 15 is 0 Å². The number of likely N-dealkylation sites (tertiary alicyclic amines) is 1. The van der Waals surface area contributed by atoms with Crippen molar-refractivity contribution in [2.75, 3.05) is 33.2 Å². The van der Waals surface area contributed by atoms with Gasteiger partial charge in [-0.15, -0.1) is 0 Å². The van der Waals surface area contributed by atoms with Crippen LogP contribution in [0.15, 0.2) is 4.99 Å². The highest BCUT2D eigenvalue weighted by Crippen LogP contribution is 2.15. The number of aliphatic imine (C=N–C) groups is 1. The Hall–Kier alpha value is -1.50. The second-order valence-electron chi connectivity index (χ2n) is 8.74. The summed E-state index contributed by atoms with van der Waals surface area (Å²) in [7, 11) is 1.76. The average Bonchev–Trinajstić information content (AvgIpc) is 2.49. The van der Waals surface area contributed by atoms with Gasteiger partial charge in [0.2, 0.25) is 0 Å². The first-order valence-corrected chi connectivity index (χ1v) is 9.72. The molecule has 26 heavy (non-hydrogen) atoms. The predicted octanol–water partition coefficient (Wildman–Crippen LogP) is 2.33. The Morgan fingerprint density at radius 3 is 2.46 bits per heavy atom. The van der Waals surface area contributed by atoms with Crippen molar-refractivity contribution in [1.82, 2.24) is 20.9 Å². The zero-order chi connectivity index (χ0) is 19.8. The lowest BCUT2D eigenvalue weighted by Crippen LogP contribution is -2.54. The topological polar surface area (TPSA) is 78.0 Å². The number of guanidine groups is 1. The van der Waals surface area contributed by atoms with Gasteiger partial charge in [0.25, 0.3) is 0 Å². The molecular formula is C19H39N5O2. The molecule has 1 aliphatic heterocycles. The fraction of sp³-hybridized carbons (Fsp3) is 0.895. The molecule has 3 N–H and O–H groups in total. The van der Waals surface area contributed by atoms with E-state index < -0.39 is 17.2 Å². The van der Waals surface area contributed by atoms with Crippen molar-refractivity contribution in [2.24, 2.45) is 4.99 Å². The van der Waals surface area contributed by atoms with E-state index in [1.54, 1.807) is 7.05 Å². The number of alkyl carbamates (subject to hydrolysis) is 1. The minimum Gasteiger partial charge on any atom is -0.444 e. The largest absolute Gasteiger partial charge is 0.444 e. The van der Waals surface area contributed by atoms with Crippen LogP contribution in [0.25, 0.3) is 0 Å². The summed E-state index contributed by atoms with van der Waals surface area (Å²) in [6.07, 6.45) is 3.51. The molecule has 0 radical (unpaired) electrons. The van der Waals surface area contributed by atoms with Gasteiger partial charge in [0.1, 0.15) is 5.60 Å². The lowest BCUT2D eigenvalue weighted by Gasteiger charge is -2.33. The minimum absolute atomic E-state index is 0.411. The Balaban J connectivity index is 2.34. The molecule has 1 rings (SSSR count). The molecule has 1 aliphatic rings. The molecule has 1 saturated heterocycles. The molecule has 1 amide bonds. The van der Waals surface area contributed by atoms with Crippen molar-refractivity contribution in [3.8, 4) is 0 Å². The van der Waals surface area contributed by atoms with Gasteiger partial charge < -0.3 is 20.7 Å². The van der Waals surface area contributed by atoms with Crippen LogP contribution in [-0.2, 0) is 4.74 Å². The van der Waals surface area contributed by atoms with Crippen LogP contribution in [0.4, 0.5) is 4.79 Å². The molecule has 7 heteroatoms. The van der Waals surface area contributed by atoms with Gasteiger partial charge in [-0.05, 0) is 60.9 Å². The summed E-state index contributed by atoms with van der Waals surface area (Å²) in [4.78, 5) is 18.7. The Kier molecular flexibility index (Phi) is 8.67. The van der Waals surface area contributed by atoms with E-state index in [-0.39, 0.29) is 0 Å². The van der Waals surface area contributed by atoms with Crippen LogP contribution < -0.4 is 16.0 Å². The summed E-state index contributed by atoms with van der Waals surface area (Å²) >= 11 is 0. The number of nitrogens with one attached hydrogen (secondary N) is 3. The van der Waals surface area contributed by atoms with Crippen molar-refractivity contribution in [3.63, 3.8) is 0 Å². The molecule has 1 heterocycles. The van der Waals surface area contributed by atoms with Gasteiger partial charge in [-0.2, -0.15) is 0 Å². The number of hydrogen-bond acceptors (Lipinski definition) is 4. The third kappa shape index (κ3) is 9.27. The highest BCUT2D eigenvalue weighted by atomic mass is 16.6. The molecule has 0 aromatic heterocycles. The fourth-order valence-electron chi connectivity index (χ4n) is 2.96. The zero-order valence-electron chi connectivity index (χ0n) is 17.7. The average molecular weight is 370 g/mol. The van der Waals surface area contributed by atoms with E-state index in [0.717, 1.165) is 19.0 Å². The lowest BCUT2D eigenvalue weighted by molar-refractivity contribution is 0.0474. The zero-order valence-corrected chi connectivity index (χ0v) is 17.7. The van der Waals surface area contributed by atoms with Crippen LogP contribution in [0.1, 0.15) is 60.8 Å². The normalized spacial score (nSPS) is 19.8. The first-order valence-electron chi connectivity index (χ1n) is 9.72. The number of nitrogens with zero attached hydrogens (tertiary/aromatic N) is 2. The summed E-state index contributed by atoms with van der Waals surface area (Å²) < 4.78 is 5.32. The summed E-state index contributed by atoms with van der Waals surface area (Å²) in [6.45, 7) is 15.4. The van der Waals surface area contributed by atoms with Crippen molar-refractivity contribution < 1.29 is 9.53 Å². The third-order valence-electron chi connectivity index (χ3n) is 4.39. The van der Waals surface area contributed by atoms with Gasteiger partial charge >= 0.3 is 6.09 Å². The maximum atomic E-state index is 12.0. The molecule has 0 saturated carbocycles. The highest BCUT2D eigenvalue weighted by molar-refractivity contribution is 5.79. The maximum Gasteiger partial charge on any atom is 0.408 e. The Labute approximate surface area is 159 Å². The molecular weight excluding hydrogens is 330 g/mol. The second kappa shape index (κ2) is 10.00.